The molecule has 8 heteroatoms. The van der Waals surface area contributed by atoms with E-state index in [1.54, 1.807) is 12.3 Å². The number of nitrogens with zero attached hydrogens (tertiary/aromatic N) is 5. The van der Waals surface area contributed by atoms with E-state index in [9.17, 15) is 4.79 Å². The maximum Gasteiger partial charge on any atom is 0.229 e. The number of hydrogen-bond donors (Lipinski definition) is 1. The minimum absolute atomic E-state index is 0.518. The van der Waals surface area contributed by atoms with E-state index in [1.165, 1.54) is 17.3 Å². The van der Waals surface area contributed by atoms with Crippen LogP contribution in [-0.2, 0) is 4.79 Å². The monoisotopic (exact) mass is 522 g/mol. The van der Waals surface area contributed by atoms with Crippen molar-refractivity contribution in [3.8, 4) is 0 Å². The highest BCUT2D eigenvalue weighted by atomic mass is 79.9. The zero-order valence-corrected chi connectivity index (χ0v) is 21.3. The van der Waals surface area contributed by atoms with Gasteiger partial charge in [-0.2, -0.15) is 4.98 Å². The highest BCUT2D eigenvalue weighted by molar-refractivity contribution is 9.12. The van der Waals surface area contributed by atoms with Gasteiger partial charge in [-0.1, -0.05) is 28.1 Å². The van der Waals surface area contributed by atoms with Crippen LogP contribution in [0, 0.1) is 0 Å². The number of piperazine rings is 1. The lowest BCUT2D eigenvalue weighted by atomic mass is 10.1. The summed E-state index contributed by atoms with van der Waals surface area (Å²) >= 11 is 3.67. The second-order valence-corrected chi connectivity index (χ2v) is 9.50. The molecule has 1 aliphatic carbocycles. The van der Waals surface area contributed by atoms with Crippen LogP contribution in [0.4, 0.5) is 23.1 Å². The maximum absolute atomic E-state index is 10.9. The number of nitrogens with one attached hydrogen (secondary N) is 1. The average Bonchev–Trinajstić information content (AvgIpc) is 2.85. The van der Waals surface area contributed by atoms with E-state index in [-0.39, 0.29) is 0 Å². The summed E-state index contributed by atoms with van der Waals surface area (Å²) in [6.45, 7) is 4.95. The first-order chi connectivity index (χ1) is 16.5. The van der Waals surface area contributed by atoms with Crippen LogP contribution >= 0.6 is 15.9 Å². The van der Waals surface area contributed by atoms with Crippen LogP contribution in [0.1, 0.15) is 18.4 Å². The molecule has 1 aliphatic heterocycles. The molecule has 0 saturated carbocycles. The van der Waals surface area contributed by atoms with Gasteiger partial charge in [0.2, 0.25) is 5.95 Å². The summed E-state index contributed by atoms with van der Waals surface area (Å²) in [7, 11) is 4.17. The van der Waals surface area contributed by atoms with Gasteiger partial charge in [0.1, 0.15) is 12.1 Å². The lowest BCUT2D eigenvalue weighted by Gasteiger charge is -2.34. The normalized spacial score (nSPS) is 16.9. The van der Waals surface area contributed by atoms with Gasteiger partial charge < -0.3 is 20.0 Å². The van der Waals surface area contributed by atoms with Crippen molar-refractivity contribution in [2.75, 3.05) is 61.9 Å². The van der Waals surface area contributed by atoms with E-state index in [0.717, 1.165) is 66.9 Å². The first-order valence-electron chi connectivity index (χ1n) is 11.6. The molecular formula is C26H31BrN6O. The van der Waals surface area contributed by atoms with Gasteiger partial charge in [0, 0.05) is 67.4 Å². The predicted molar refractivity (Wildman–Crippen MR) is 144 cm³/mol. The maximum atomic E-state index is 10.9. The van der Waals surface area contributed by atoms with E-state index in [1.807, 2.05) is 7.05 Å². The fourth-order valence-electron chi connectivity index (χ4n) is 4.12. The van der Waals surface area contributed by atoms with Gasteiger partial charge in [0.15, 0.2) is 0 Å². The summed E-state index contributed by atoms with van der Waals surface area (Å²) in [6, 6.07) is 8.41. The SMILES string of the molecule is CN1CCN(c2ccc(Nc3ncc(/C=C\C=O)c(N(C)CC4=CCCC=C4Br)n3)cc2)CC1. The first kappa shape index (κ1) is 24.2. The highest BCUT2D eigenvalue weighted by Gasteiger charge is 2.16. The lowest BCUT2D eigenvalue weighted by molar-refractivity contribution is -0.104. The third-order valence-electron chi connectivity index (χ3n) is 6.10. The first-order valence-corrected chi connectivity index (χ1v) is 12.4. The molecule has 2 aliphatic rings. The van der Waals surface area contributed by atoms with Gasteiger partial charge in [0.25, 0.3) is 0 Å². The van der Waals surface area contributed by atoms with Crippen LogP contribution < -0.4 is 15.1 Å². The van der Waals surface area contributed by atoms with E-state index >= 15 is 0 Å². The van der Waals surface area contributed by atoms with Crippen molar-refractivity contribution in [1.29, 1.82) is 0 Å². The standard InChI is InChI=1S/C26H31BrN6O/c1-31-13-15-33(16-14-31)23-11-9-22(10-12-23)29-26-28-18-20(7-5-17-34)25(30-26)32(2)19-21-6-3-4-8-24(21)27/h5-12,17-18H,3-4,13-16,19H2,1-2H3,(H,28,29,30)/b7-5-. The Balaban J connectivity index is 1.51. The van der Waals surface area contributed by atoms with Crippen molar-refractivity contribution in [3.63, 3.8) is 0 Å². The summed E-state index contributed by atoms with van der Waals surface area (Å²) in [5.41, 5.74) is 4.19. The molecule has 4 rings (SSSR count). The summed E-state index contributed by atoms with van der Waals surface area (Å²) in [5.74, 6) is 1.28. The highest BCUT2D eigenvalue weighted by Crippen LogP contribution is 2.28. The van der Waals surface area contributed by atoms with Crippen LogP contribution in [0.2, 0.25) is 0 Å². The third kappa shape index (κ3) is 6.12. The van der Waals surface area contributed by atoms with Crippen molar-refractivity contribution in [2.24, 2.45) is 0 Å². The molecule has 0 atom stereocenters. The van der Waals surface area contributed by atoms with E-state index in [0.29, 0.717) is 12.5 Å². The molecule has 1 N–H and O–H groups in total. The Morgan fingerprint density at radius 2 is 1.85 bits per heavy atom. The van der Waals surface area contributed by atoms with E-state index in [4.69, 9.17) is 4.98 Å². The van der Waals surface area contributed by atoms with Crippen LogP contribution in [0.5, 0.6) is 0 Å². The molecule has 7 nitrogen and oxygen atoms in total. The number of likely N-dealkylation sites (N-methyl/N-ethyl adjacent to an activating group) is 2. The predicted octanol–water partition coefficient (Wildman–Crippen LogP) is 4.62. The van der Waals surface area contributed by atoms with Crippen molar-refractivity contribution >= 4 is 51.4 Å². The number of halogens is 1. The van der Waals surface area contributed by atoms with Crippen molar-refractivity contribution in [2.45, 2.75) is 12.8 Å². The number of rotatable bonds is 8. The van der Waals surface area contributed by atoms with Crippen molar-refractivity contribution in [1.82, 2.24) is 14.9 Å². The molecular weight excluding hydrogens is 492 g/mol. The fourth-order valence-corrected chi connectivity index (χ4v) is 4.64. The van der Waals surface area contributed by atoms with Gasteiger partial charge in [-0.15, -0.1) is 0 Å². The molecule has 0 unspecified atom stereocenters. The summed E-state index contributed by atoms with van der Waals surface area (Å²) in [5, 5.41) is 3.33. The molecule has 178 valence electrons. The fraction of sp³-hybridized carbons (Fsp3) is 0.346. The third-order valence-corrected chi connectivity index (χ3v) is 6.93. The van der Waals surface area contributed by atoms with E-state index < -0.39 is 0 Å². The number of hydrogen-bond acceptors (Lipinski definition) is 7. The molecule has 1 aromatic carbocycles. The Kier molecular flexibility index (Phi) is 8.13. The molecule has 2 heterocycles. The number of carbonyl (C=O) groups is 1. The Morgan fingerprint density at radius 3 is 2.56 bits per heavy atom. The summed E-state index contributed by atoms with van der Waals surface area (Å²) in [6.07, 6.45) is 12.3. The molecule has 1 saturated heterocycles. The second-order valence-electron chi connectivity index (χ2n) is 8.64. The second kappa shape index (κ2) is 11.4. The molecule has 1 aromatic heterocycles. The zero-order valence-electron chi connectivity index (χ0n) is 19.7. The van der Waals surface area contributed by atoms with Crippen molar-refractivity contribution < 1.29 is 4.79 Å². The van der Waals surface area contributed by atoms with Crippen LogP contribution in [0.3, 0.4) is 0 Å². The van der Waals surface area contributed by atoms with E-state index in [2.05, 4.69) is 84.4 Å². The number of aromatic nitrogens is 2. The van der Waals surface area contributed by atoms with Gasteiger partial charge in [-0.05, 0) is 61.9 Å². The number of carbonyl (C=O) groups excluding carboxylic acids is 1. The Hall–Kier alpha value is -2.97. The number of anilines is 4. The molecule has 2 aromatic rings. The molecule has 1 fully saturated rings. The van der Waals surface area contributed by atoms with Crippen molar-refractivity contribution in [3.05, 3.63) is 64.3 Å². The smallest absolute Gasteiger partial charge is 0.229 e. The van der Waals surface area contributed by atoms with Crippen LogP contribution in [-0.4, -0.2) is 68.0 Å². The largest absolute Gasteiger partial charge is 0.369 e. The minimum Gasteiger partial charge on any atom is -0.369 e. The lowest BCUT2D eigenvalue weighted by Crippen LogP contribution is -2.44. The minimum atomic E-state index is 0.518. The van der Waals surface area contributed by atoms with Gasteiger partial charge in [0.05, 0.1) is 0 Å². The number of aldehydes is 1. The van der Waals surface area contributed by atoms with Crippen LogP contribution in [0.25, 0.3) is 6.08 Å². The zero-order chi connectivity index (χ0) is 23.9. The summed E-state index contributed by atoms with van der Waals surface area (Å²) < 4.78 is 1.13. The Labute approximate surface area is 210 Å². The topological polar surface area (TPSA) is 64.6 Å². The van der Waals surface area contributed by atoms with Gasteiger partial charge in [-0.3, -0.25) is 4.79 Å². The molecule has 0 bridgehead atoms. The van der Waals surface area contributed by atoms with Gasteiger partial charge in [-0.25, -0.2) is 4.98 Å². The molecule has 0 spiro atoms. The quantitative estimate of drug-likeness (QED) is 0.400. The molecule has 0 amide bonds. The molecule has 0 radical (unpaired) electrons. The van der Waals surface area contributed by atoms with Gasteiger partial charge >= 0.3 is 0 Å². The molecule has 34 heavy (non-hydrogen) atoms. The summed E-state index contributed by atoms with van der Waals surface area (Å²) in [4.78, 5) is 27.0. The average molecular weight is 523 g/mol. The Bertz CT molecular complexity index is 1090. The van der Waals surface area contributed by atoms with Crippen LogP contribution in [0.15, 0.2) is 58.7 Å². The Morgan fingerprint density at radius 1 is 1.12 bits per heavy atom. The number of benzene rings is 1. The number of allylic oxidation sites excluding steroid dienone is 3.